The van der Waals surface area contributed by atoms with Crippen molar-refractivity contribution in [3.8, 4) is 0 Å². The van der Waals surface area contributed by atoms with Crippen LogP contribution in [0.2, 0.25) is 0 Å². The van der Waals surface area contributed by atoms with Gasteiger partial charge < -0.3 is 21.1 Å². The van der Waals surface area contributed by atoms with Crippen LogP contribution in [0.1, 0.15) is 17.5 Å². The summed E-state index contributed by atoms with van der Waals surface area (Å²) in [6.45, 7) is 0. The highest BCUT2D eigenvalue weighted by Crippen LogP contribution is 2.29. The average Bonchev–Trinajstić information content (AvgIpc) is 2.91. The number of fused-ring (bicyclic) bond motifs is 2. The van der Waals surface area contributed by atoms with Gasteiger partial charge in [0.1, 0.15) is 18.1 Å². The van der Waals surface area contributed by atoms with Gasteiger partial charge in [0.2, 0.25) is 17.7 Å². The SMILES string of the molecule is O=C(C[C@@H]1NC(=O)[C@H](Cc2ccccc2)NC1=O)N[C@H](Cc1c2ccccc2cc2ccccc12)C(=O)O. The van der Waals surface area contributed by atoms with E-state index in [0.717, 1.165) is 32.7 Å². The minimum Gasteiger partial charge on any atom is -0.480 e. The number of carbonyl (C=O) groups excluding carboxylic acids is 3. The second-order valence-corrected chi connectivity index (χ2v) is 9.48. The lowest BCUT2D eigenvalue weighted by Crippen LogP contribution is -2.63. The van der Waals surface area contributed by atoms with Crippen molar-refractivity contribution in [2.24, 2.45) is 0 Å². The zero-order valence-corrected chi connectivity index (χ0v) is 20.5. The van der Waals surface area contributed by atoms with E-state index in [0.29, 0.717) is 6.42 Å². The zero-order chi connectivity index (χ0) is 26.6. The fourth-order valence-electron chi connectivity index (χ4n) is 4.98. The summed E-state index contributed by atoms with van der Waals surface area (Å²) in [5.74, 6) is -2.69. The molecule has 4 N–H and O–H groups in total. The number of aliphatic carboxylic acids is 1. The van der Waals surface area contributed by atoms with E-state index in [9.17, 15) is 24.3 Å². The van der Waals surface area contributed by atoms with E-state index < -0.39 is 35.9 Å². The van der Waals surface area contributed by atoms with Crippen LogP contribution in [0.25, 0.3) is 21.5 Å². The molecule has 0 aliphatic carbocycles. The van der Waals surface area contributed by atoms with Crippen LogP contribution >= 0.6 is 0 Å². The second kappa shape index (κ2) is 10.7. The molecule has 8 nitrogen and oxygen atoms in total. The first-order chi connectivity index (χ1) is 18.4. The van der Waals surface area contributed by atoms with Crippen LogP contribution in [-0.4, -0.2) is 46.9 Å². The van der Waals surface area contributed by atoms with Gasteiger partial charge in [-0.15, -0.1) is 0 Å². The van der Waals surface area contributed by atoms with Crippen molar-refractivity contribution in [2.75, 3.05) is 0 Å². The molecule has 192 valence electrons. The Labute approximate surface area is 219 Å². The molecule has 8 heteroatoms. The number of rotatable bonds is 8. The van der Waals surface area contributed by atoms with E-state index in [1.54, 1.807) is 0 Å². The van der Waals surface area contributed by atoms with Crippen molar-refractivity contribution in [1.29, 1.82) is 0 Å². The van der Waals surface area contributed by atoms with E-state index in [-0.39, 0.29) is 18.7 Å². The highest BCUT2D eigenvalue weighted by atomic mass is 16.4. The number of carboxylic acids is 1. The van der Waals surface area contributed by atoms with E-state index in [2.05, 4.69) is 22.0 Å². The highest BCUT2D eigenvalue weighted by molar-refractivity contribution is 6.03. The summed E-state index contributed by atoms with van der Waals surface area (Å²) in [6.07, 6.45) is 0.0262. The topological polar surface area (TPSA) is 125 Å². The quantitative estimate of drug-likeness (QED) is 0.272. The first kappa shape index (κ1) is 25.0. The lowest BCUT2D eigenvalue weighted by Gasteiger charge is -2.29. The van der Waals surface area contributed by atoms with Crippen molar-refractivity contribution in [1.82, 2.24) is 16.0 Å². The predicted octanol–water partition coefficient (Wildman–Crippen LogP) is 2.72. The summed E-state index contributed by atoms with van der Waals surface area (Å²) in [5, 5.41) is 21.6. The van der Waals surface area contributed by atoms with E-state index in [1.165, 1.54) is 0 Å². The molecule has 1 heterocycles. The smallest absolute Gasteiger partial charge is 0.326 e. The van der Waals surface area contributed by atoms with Gasteiger partial charge in [0.05, 0.1) is 6.42 Å². The molecule has 4 aromatic carbocycles. The fourth-order valence-corrected chi connectivity index (χ4v) is 4.98. The molecule has 0 bridgehead atoms. The highest BCUT2D eigenvalue weighted by Gasteiger charge is 2.35. The molecule has 1 aliphatic heterocycles. The Morgan fingerprint density at radius 3 is 1.97 bits per heavy atom. The molecular weight excluding hydrogens is 482 g/mol. The number of piperazine rings is 1. The summed E-state index contributed by atoms with van der Waals surface area (Å²) in [5.41, 5.74) is 1.72. The maximum atomic E-state index is 12.9. The Bertz CT molecular complexity index is 1480. The fraction of sp³-hybridized carbons (Fsp3) is 0.200. The van der Waals surface area contributed by atoms with Crippen LogP contribution in [-0.2, 0) is 32.0 Å². The van der Waals surface area contributed by atoms with Gasteiger partial charge in [-0.1, -0.05) is 78.9 Å². The molecule has 0 saturated carbocycles. The van der Waals surface area contributed by atoms with Crippen LogP contribution in [0.4, 0.5) is 0 Å². The van der Waals surface area contributed by atoms with Crippen LogP contribution in [0.3, 0.4) is 0 Å². The van der Waals surface area contributed by atoms with Gasteiger partial charge in [-0.3, -0.25) is 14.4 Å². The Morgan fingerprint density at radius 2 is 1.34 bits per heavy atom. The number of nitrogens with one attached hydrogen (secondary N) is 3. The van der Waals surface area contributed by atoms with Crippen LogP contribution in [0.15, 0.2) is 84.9 Å². The van der Waals surface area contributed by atoms with Crippen molar-refractivity contribution >= 4 is 45.2 Å². The molecule has 1 aliphatic rings. The monoisotopic (exact) mass is 509 g/mol. The first-order valence-electron chi connectivity index (χ1n) is 12.5. The van der Waals surface area contributed by atoms with Gasteiger partial charge in [0.15, 0.2) is 0 Å². The van der Waals surface area contributed by atoms with E-state index in [4.69, 9.17) is 0 Å². The van der Waals surface area contributed by atoms with Gasteiger partial charge in [-0.2, -0.15) is 0 Å². The van der Waals surface area contributed by atoms with E-state index >= 15 is 0 Å². The minimum absolute atomic E-state index is 0.0608. The molecule has 1 fully saturated rings. The largest absolute Gasteiger partial charge is 0.480 e. The molecule has 0 aromatic heterocycles. The number of benzene rings is 4. The third kappa shape index (κ3) is 5.34. The average molecular weight is 510 g/mol. The Balaban J connectivity index is 1.29. The molecule has 0 radical (unpaired) electrons. The van der Waals surface area contributed by atoms with Gasteiger partial charge in [-0.05, 0) is 38.7 Å². The number of carboxylic acid groups (broad SMARTS) is 1. The Hall–Kier alpha value is -4.72. The predicted molar refractivity (Wildman–Crippen MR) is 143 cm³/mol. The molecule has 3 atom stereocenters. The molecule has 0 spiro atoms. The number of hydrogen-bond donors (Lipinski definition) is 4. The normalized spacial score (nSPS) is 18.0. The van der Waals surface area contributed by atoms with Crippen LogP contribution < -0.4 is 16.0 Å². The van der Waals surface area contributed by atoms with Crippen LogP contribution in [0, 0.1) is 0 Å². The van der Waals surface area contributed by atoms with Gasteiger partial charge in [0, 0.05) is 12.8 Å². The van der Waals surface area contributed by atoms with Crippen molar-refractivity contribution in [2.45, 2.75) is 37.4 Å². The Kier molecular flexibility index (Phi) is 7.04. The lowest BCUT2D eigenvalue weighted by molar-refractivity contribution is -0.142. The maximum absolute atomic E-state index is 12.9. The Morgan fingerprint density at radius 1 is 0.789 bits per heavy atom. The number of amides is 3. The molecular formula is C30H27N3O5. The van der Waals surface area contributed by atoms with Gasteiger partial charge >= 0.3 is 5.97 Å². The standard InChI is InChI=1S/C30H27N3O5/c34-27(17-25-29(36)32-24(28(35)33-25)14-18-8-2-1-3-9-18)31-26(30(37)38)16-23-21-12-6-4-10-19(21)15-20-11-5-7-13-22(20)23/h1-13,15,24-26H,14,16-17H2,(H,31,34)(H,32,36)(H,33,35)(H,37,38)/t24-,25-,26+/m0/s1. The molecule has 38 heavy (non-hydrogen) atoms. The summed E-state index contributed by atoms with van der Waals surface area (Å²) >= 11 is 0. The van der Waals surface area contributed by atoms with Gasteiger partial charge in [-0.25, -0.2) is 4.79 Å². The number of hydrogen-bond acceptors (Lipinski definition) is 4. The third-order valence-corrected chi connectivity index (χ3v) is 6.86. The molecule has 4 aromatic rings. The summed E-state index contributed by atoms with van der Waals surface area (Å²) in [4.78, 5) is 50.3. The first-order valence-corrected chi connectivity index (χ1v) is 12.5. The molecule has 1 saturated heterocycles. The minimum atomic E-state index is -1.22. The summed E-state index contributed by atoms with van der Waals surface area (Å²) in [6, 6.07) is 23.8. The van der Waals surface area contributed by atoms with Crippen molar-refractivity contribution in [3.05, 3.63) is 96.1 Å². The van der Waals surface area contributed by atoms with E-state index in [1.807, 2.05) is 78.9 Å². The molecule has 0 unspecified atom stereocenters. The molecule has 5 rings (SSSR count). The zero-order valence-electron chi connectivity index (χ0n) is 20.5. The number of carbonyl (C=O) groups is 4. The van der Waals surface area contributed by atoms with Crippen LogP contribution in [0.5, 0.6) is 0 Å². The summed E-state index contributed by atoms with van der Waals surface area (Å²) < 4.78 is 0. The summed E-state index contributed by atoms with van der Waals surface area (Å²) in [7, 11) is 0. The lowest BCUT2D eigenvalue weighted by atomic mass is 9.92. The van der Waals surface area contributed by atoms with Crippen molar-refractivity contribution in [3.63, 3.8) is 0 Å². The third-order valence-electron chi connectivity index (χ3n) is 6.86. The van der Waals surface area contributed by atoms with Gasteiger partial charge in [0.25, 0.3) is 0 Å². The molecule has 3 amide bonds. The second-order valence-electron chi connectivity index (χ2n) is 9.48. The maximum Gasteiger partial charge on any atom is 0.326 e. The van der Waals surface area contributed by atoms with Crippen molar-refractivity contribution < 1.29 is 24.3 Å².